The van der Waals surface area contributed by atoms with E-state index in [4.69, 9.17) is 5.26 Å². The molecule has 1 atom stereocenters. The van der Waals surface area contributed by atoms with Gasteiger partial charge in [-0.3, -0.25) is 0 Å². The lowest BCUT2D eigenvalue weighted by molar-refractivity contribution is 0.221. The Kier molecular flexibility index (Phi) is 4.37. The van der Waals surface area contributed by atoms with E-state index in [1.54, 1.807) is 24.3 Å². The Hall–Kier alpha value is -2.06. The highest BCUT2D eigenvalue weighted by Gasteiger charge is 2.25. The van der Waals surface area contributed by atoms with Crippen molar-refractivity contribution in [3.8, 4) is 6.07 Å². The van der Waals surface area contributed by atoms with Crippen LogP contribution >= 0.6 is 0 Å². The molecule has 0 radical (unpaired) electrons. The lowest BCUT2D eigenvalue weighted by Gasteiger charge is -2.17. The van der Waals surface area contributed by atoms with E-state index in [1.165, 1.54) is 0 Å². The Bertz CT molecular complexity index is 477. The van der Waals surface area contributed by atoms with Crippen LogP contribution in [0.4, 0.5) is 10.5 Å². The molecule has 1 fully saturated rings. The number of hydrogen-bond donors (Lipinski definition) is 2. The minimum Gasteiger partial charge on any atom is -0.324 e. The van der Waals surface area contributed by atoms with Gasteiger partial charge >= 0.3 is 6.03 Å². The van der Waals surface area contributed by atoms with Crippen molar-refractivity contribution in [2.75, 3.05) is 32.0 Å². The predicted molar refractivity (Wildman–Crippen MR) is 73.8 cm³/mol. The molecule has 2 rings (SSSR count). The van der Waals surface area contributed by atoms with Gasteiger partial charge in [0, 0.05) is 18.8 Å². The number of amides is 2. The maximum atomic E-state index is 12.0. The number of nitriles is 1. The molecule has 1 aromatic rings. The third kappa shape index (κ3) is 3.46. The molecule has 0 saturated carbocycles. The van der Waals surface area contributed by atoms with Crippen molar-refractivity contribution in [1.29, 1.82) is 5.26 Å². The number of carbonyl (C=O) groups excluding carboxylic acids is 1. The number of hydrogen-bond acceptors (Lipinski definition) is 3. The fraction of sp³-hybridized carbons (Fsp3) is 0.429. The molecule has 2 N–H and O–H groups in total. The van der Waals surface area contributed by atoms with Crippen molar-refractivity contribution >= 4 is 11.7 Å². The van der Waals surface area contributed by atoms with Crippen LogP contribution in [0.5, 0.6) is 0 Å². The van der Waals surface area contributed by atoms with Crippen LogP contribution in [0.25, 0.3) is 0 Å². The highest BCUT2D eigenvalue weighted by atomic mass is 16.2. The predicted octanol–water partition coefficient (Wildman–Crippen LogP) is 1.63. The van der Waals surface area contributed by atoms with Crippen LogP contribution in [0.1, 0.15) is 12.0 Å². The summed E-state index contributed by atoms with van der Waals surface area (Å²) in [4.78, 5) is 13.9. The van der Waals surface area contributed by atoms with E-state index in [1.807, 2.05) is 11.9 Å². The van der Waals surface area contributed by atoms with Crippen molar-refractivity contribution < 1.29 is 4.79 Å². The Balaban J connectivity index is 1.89. The summed E-state index contributed by atoms with van der Waals surface area (Å²) in [6, 6.07) is 8.88. The van der Waals surface area contributed by atoms with E-state index in [2.05, 4.69) is 16.7 Å². The van der Waals surface area contributed by atoms with Crippen LogP contribution in [-0.4, -0.2) is 37.6 Å². The molecule has 0 spiro atoms. The molecular weight excluding hydrogens is 240 g/mol. The van der Waals surface area contributed by atoms with E-state index < -0.39 is 0 Å². The third-order valence-corrected chi connectivity index (χ3v) is 3.33. The summed E-state index contributed by atoms with van der Waals surface area (Å²) in [7, 11) is 1.93. The zero-order chi connectivity index (χ0) is 13.7. The van der Waals surface area contributed by atoms with Crippen LogP contribution in [0, 0.1) is 17.2 Å². The largest absolute Gasteiger partial charge is 0.324 e. The van der Waals surface area contributed by atoms with E-state index >= 15 is 0 Å². The van der Waals surface area contributed by atoms with E-state index in [0.29, 0.717) is 11.5 Å². The first-order chi connectivity index (χ1) is 9.22. The van der Waals surface area contributed by atoms with Crippen molar-refractivity contribution in [2.24, 2.45) is 5.92 Å². The number of benzene rings is 1. The molecule has 100 valence electrons. The average molecular weight is 258 g/mol. The normalized spacial score (nSPS) is 18.1. The lowest BCUT2D eigenvalue weighted by Crippen LogP contribution is -2.33. The standard InChI is InChI=1S/C14H18N4O/c1-16-9-12-6-7-18(10-12)14(19)17-13-4-2-11(8-15)3-5-13/h2-5,12,16H,6-7,9-10H2,1H3,(H,17,19). The molecule has 2 amide bonds. The minimum atomic E-state index is -0.0664. The van der Waals surface area contributed by atoms with Crippen LogP contribution in [0.15, 0.2) is 24.3 Å². The average Bonchev–Trinajstić information content (AvgIpc) is 2.89. The fourth-order valence-electron chi connectivity index (χ4n) is 2.30. The second kappa shape index (κ2) is 6.21. The summed E-state index contributed by atoms with van der Waals surface area (Å²) in [5.41, 5.74) is 1.31. The molecule has 19 heavy (non-hydrogen) atoms. The molecule has 5 heteroatoms. The van der Waals surface area contributed by atoms with Gasteiger partial charge < -0.3 is 15.5 Å². The first kappa shape index (κ1) is 13.4. The summed E-state index contributed by atoms with van der Waals surface area (Å²) < 4.78 is 0. The van der Waals surface area contributed by atoms with Gasteiger partial charge in [0.1, 0.15) is 0 Å². The van der Waals surface area contributed by atoms with Gasteiger partial charge in [0.15, 0.2) is 0 Å². The quantitative estimate of drug-likeness (QED) is 0.866. The summed E-state index contributed by atoms with van der Waals surface area (Å²) >= 11 is 0. The monoisotopic (exact) mass is 258 g/mol. The zero-order valence-electron chi connectivity index (χ0n) is 11.0. The molecule has 5 nitrogen and oxygen atoms in total. The van der Waals surface area contributed by atoms with Gasteiger partial charge in [-0.05, 0) is 50.2 Å². The van der Waals surface area contributed by atoms with Crippen LogP contribution in [0.2, 0.25) is 0 Å². The Morgan fingerprint density at radius 3 is 2.84 bits per heavy atom. The topological polar surface area (TPSA) is 68.2 Å². The van der Waals surface area contributed by atoms with Crippen LogP contribution in [0.3, 0.4) is 0 Å². The first-order valence-corrected chi connectivity index (χ1v) is 6.43. The molecule has 0 bridgehead atoms. The van der Waals surface area contributed by atoms with Crippen molar-refractivity contribution in [3.05, 3.63) is 29.8 Å². The zero-order valence-corrected chi connectivity index (χ0v) is 11.0. The molecule has 1 aliphatic rings. The third-order valence-electron chi connectivity index (χ3n) is 3.33. The summed E-state index contributed by atoms with van der Waals surface area (Å²) in [6.45, 7) is 2.54. The van der Waals surface area contributed by atoms with Gasteiger partial charge in [0.2, 0.25) is 0 Å². The van der Waals surface area contributed by atoms with E-state index in [9.17, 15) is 4.79 Å². The van der Waals surface area contributed by atoms with Crippen molar-refractivity contribution in [2.45, 2.75) is 6.42 Å². The van der Waals surface area contributed by atoms with Gasteiger partial charge in [-0.25, -0.2) is 4.79 Å². The molecular formula is C14H18N4O. The Morgan fingerprint density at radius 2 is 2.21 bits per heavy atom. The number of nitrogens with one attached hydrogen (secondary N) is 2. The molecule has 1 saturated heterocycles. The maximum Gasteiger partial charge on any atom is 0.321 e. The molecule has 1 heterocycles. The SMILES string of the molecule is CNCC1CCN(C(=O)Nc2ccc(C#N)cc2)C1. The number of rotatable bonds is 3. The van der Waals surface area contributed by atoms with Gasteiger partial charge in [0.25, 0.3) is 0 Å². The van der Waals surface area contributed by atoms with Gasteiger partial charge in [0.05, 0.1) is 11.6 Å². The van der Waals surface area contributed by atoms with E-state index in [0.717, 1.165) is 31.7 Å². The van der Waals surface area contributed by atoms with Crippen molar-refractivity contribution in [1.82, 2.24) is 10.2 Å². The number of anilines is 1. The minimum absolute atomic E-state index is 0.0664. The molecule has 1 aromatic carbocycles. The van der Waals surface area contributed by atoms with Crippen LogP contribution < -0.4 is 10.6 Å². The maximum absolute atomic E-state index is 12.0. The van der Waals surface area contributed by atoms with Gasteiger partial charge in [-0.15, -0.1) is 0 Å². The number of nitrogens with zero attached hydrogens (tertiary/aromatic N) is 2. The molecule has 1 aliphatic heterocycles. The number of carbonyl (C=O) groups is 1. The lowest BCUT2D eigenvalue weighted by atomic mass is 10.1. The molecule has 0 aliphatic carbocycles. The number of urea groups is 1. The fourth-order valence-corrected chi connectivity index (χ4v) is 2.30. The highest BCUT2D eigenvalue weighted by molar-refractivity contribution is 5.89. The van der Waals surface area contributed by atoms with Crippen LogP contribution in [-0.2, 0) is 0 Å². The van der Waals surface area contributed by atoms with E-state index in [-0.39, 0.29) is 6.03 Å². The molecule has 0 aromatic heterocycles. The smallest absolute Gasteiger partial charge is 0.321 e. The second-order valence-corrected chi connectivity index (χ2v) is 4.78. The Morgan fingerprint density at radius 1 is 1.47 bits per heavy atom. The summed E-state index contributed by atoms with van der Waals surface area (Å²) in [5.74, 6) is 0.539. The second-order valence-electron chi connectivity index (χ2n) is 4.78. The van der Waals surface area contributed by atoms with Gasteiger partial charge in [-0.2, -0.15) is 5.26 Å². The Labute approximate surface area is 113 Å². The summed E-state index contributed by atoms with van der Waals surface area (Å²) in [6.07, 6.45) is 1.04. The number of likely N-dealkylation sites (tertiary alicyclic amines) is 1. The van der Waals surface area contributed by atoms with Crippen molar-refractivity contribution in [3.63, 3.8) is 0 Å². The highest BCUT2D eigenvalue weighted by Crippen LogP contribution is 2.17. The summed E-state index contributed by atoms with van der Waals surface area (Å²) in [5, 5.41) is 14.7. The molecule has 1 unspecified atom stereocenters. The first-order valence-electron chi connectivity index (χ1n) is 6.43. The van der Waals surface area contributed by atoms with Gasteiger partial charge in [-0.1, -0.05) is 0 Å².